The summed E-state index contributed by atoms with van der Waals surface area (Å²) in [5, 5.41) is 0. The average Bonchev–Trinajstić information content (AvgIpc) is 3.23. The quantitative estimate of drug-likeness (QED) is 0.797. The summed E-state index contributed by atoms with van der Waals surface area (Å²) < 4.78 is 11.3. The lowest BCUT2D eigenvalue weighted by molar-refractivity contribution is -0.125. The Morgan fingerprint density at radius 1 is 1.21 bits per heavy atom. The van der Waals surface area contributed by atoms with Gasteiger partial charge in [0.15, 0.2) is 5.78 Å². The van der Waals surface area contributed by atoms with Crippen LogP contribution in [0, 0.1) is 0 Å². The van der Waals surface area contributed by atoms with E-state index in [4.69, 9.17) is 9.15 Å². The number of rotatable bonds is 2. The van der Waals surface area contributed by atoms with Crippen molar-refractivity contribution in [2.24, 2.45) is 0 Å². The molecule has 0 N–H and O–H groups in total. The van der Waals surface area contributed by atoms with Crippen molar-refractivity contribution in [3.8, 4) is 5.75 Å². The first-order valence-corrected chi connectivity index (χ1v) is 7.97. The van der Waals surface area contributed by atoms with Crippen molar-refractivity contribution in [3.63, 3.8) is 0 Å². The van der Waals surface area contributed by atoms with E-state index in [0.717, 1.165) is 0 Å². The van der Waals surface area contributed by atoms with Crippen molar-refractivity contribution in [1.29, 1.82) is 0 Å². The Hall–Kier alpha value is -2.82. The molecule has 5 heteroatoms. The van der Waals surface area contributed by atoms with E-state index in [9.17, 15) is 9.59 Å². The third kappa shape index (κ3) is 2.62. The molecule has 122 valence electrons. The zero-order valence-corrected chi connectivity index (χ0v) is 13.1. The molecule has 0 aliphatic carbocycles. The van der Waals surface area contributed by atoms with Crippen LogP contribution in [0.4, 0.5) is 0 Å². The van der Waals surface area contributed by atoms with Gasteiger partial charge in [0.2, 0.25) is 5.91 Å². The molecule has 24 heavy (non-hydrogen) atoms. The van der Waals surface area contributed by atoms with E-state index in [2.05, 4.69) is 0 Å². The van der Waals surface area contributed by atoms with Gasteiger partial charge in [-0.05, 0) is 30.3 Å². The lowest BCUT2D eigenvalue weighted by Crippen LogP contribution is -2.45. The molecule has 1 atom stereocenters. The van der Waals surface area contributed by atoms with Crippen molar-refractivity contribution >= 4 is 17.8 Å². The van der Waals surface area contributed by atoms with Crippen LogP contribution in [0.15, 0.2) is 53.2 Å². The highest BCUT2D eigenvalue weighted by Crippen LogP contribution is 2.38. The lowest BCUT2D eigenvalue weighted by Gasteiger charge is -2.34. The summed E-state index contributed by atoms with van der Waals surface area (Å²) in [6.07, 6.45) is 5.68. The maximum atomic E-state index is 12.4. The van der Waals surface area contributed by atoms with Crippen molar-refractivity contribution < 1.29 is 18.7 Å². The van der Waals surface area contributed by atoms with Gasteiger partial charge in [-0.25, -0.2) is 0 Å². The Labute approximate surface area is 139 Å². The van der Waals surface area contributed by atoms with Crippen LogP contribution < -0.4 is 4.74 Å². The predicted molar refractivity (Wildman–Crippen MR) is 87.7 cm³/mol. The molecule has 1 aromatic heterocycles. The molecular formula is C19H17NO4. The Morgan fingerprint density at radius 3 is 2.92 bits per heavy atom. The highest BCUT2D eigenvalue weighted by molar-refractivity contribution is 6.00. The second kappa shape index (κ2) is 5.67. The molecule has 5 nitrogen and oxygen atoms in total. The van der Waals surface area contributed by atoms with E-state index in [-0.39, 0.29) is 11.7 Å². The fraction of sp³-hybridized carbons (Fsp3) is 0.263. The minimum absolute atomic E-state index is 0.0808. The van der Waals surface area contributed by atoms with E-state index in [1.165, 1.54) is 6.08 Å². The van der Waals surface area contributed by atoms with Gasteiger partial charge in [0.25, 0.3) is 0 Å². The monoisotopic (exact) mass is 323 g/mol. The normalized spacial score (nSPS) is 22.8. The zero-order chi connectivity index (χ0) is 16.6. The van der Waals surface area contributed by atoms with Gasteiger partial charge in [0.1, 0.15) is 17.1 Å². The number of carbonyl (C=O) groups excluding carboxylic acids is 2. The Morgan fingerprint density at radius 2 is 2.08 bits per heavy atom. The summed E-state index contributed by atoms with van der Waals surface area (Å²) in [5.74, 6) is 1.24. The van der Waals surface area contributed by atoms with E-state index in [1.54, 1.807) is 35.4 Å². The first-order valence-electron chi connectivity index (χ1n) is 7.97. The van der Waals surface area contributed by atoms with Crippen LogP contribution >= 0.6 is 0 Å². The van der Waals surface area contributed by atoms with Crippen LogP contribution in [0.25, 0.3) is 6.08 Å². The SMILES string of the molecule is O=C1CC2(CCN(C(=O)C=Cc3ccco3)C2)Oc2ccccc21. The molecule has 1 fully saturated rings. The number of ether oxygens (including phenoxy) is 1. The number of furan rings is 1. The number of amides is 1. The van der Waals surface area contributed by atoms with Crippen LogP contribution in [0.3, 0.4) is 0 Å². The average molecular weight is 323 g/mol. The number of benzene rings is 1. The Kier molecular flexibility index (Phi) is 3.49. The molecule has 2 aliphatic rings. The molecule has 2 aromatic rings. The van der Waals surface area contributed by atoms with Crippen molar-refractivity contribution in [2.45, 2.75) is 18.4 Å². The van der Waals surface area contributed by atoms with Crippen molar-refractivity contribution in [1.82, 2.24) is 4.90 Å². The summed E-state index contributed by atoms with van der Waals surface area (Å²) in [6.45, 7) is 1.01. The van der Waals surface area contributed by atoms with Gasteiger partial charge < -0.3 is 14.1 Å². The number of fused-ring (bicyclic) bond motifs is 1. The zero-order valence-electron chi connectivity index (χ0n) is 13.1. The minimum atomic E-state index is -0.598. The minimum Gasteiger partial charge on any atom is -0.484 e. The molecule has 0 saturated carbocycles. The van der Waals surface area contributed by atoms with Crippen LogP contribution in [-0.2, 0) is 4.79 Å². The largest absolute Gasteiger partial charge is 0.484 e. The van der Waals surface area contributed by atoms with E-state index in [0.29, 0.717) is 43.0 Å². The Balaban J connectivity index is 1.48. The van der Waals surface area contributed by atoms with Crippen LogP contribution in [0.5, 0.6) is 5.75 Å². The molecule has 1 amide bonds. The Bertz CT molecular complexity index is 809. The maximum Gasteiger partial charge on any atom is 0.246 e. The molecule has 1 aromatic carbocycles. The van der Waals surface area contributed by atoms with Crippen molar-refractivity contribution in [3.05, 3.63) is 60.1 Å². The van der Waals surface area contributed by atoms with Gasteiger partial charge in [-0.1, -0.05) is 12.1 Å². The molecule has 0 bridgehead atoms. The van der Waals surface area contributed by atoms with Crippen LogP contribution in [0.2, 0.25) is 0 Å². The van der Waals surface area contributed by atoms with Gasteiger partial charge in [-0.2, -0.15) is 0 Å². The molecule has 0 radical (unpaired) electrons. The lowest BCUT2D eigenvalue weighted by atomic mass is 9.89. The standard InChI is InChI=1S/C19H17NO4/c21-16-12-19(24-17-6-2-1-5-15(16)17)9-10-20(13-19)18(22)8-7-14-4-3-11-23-14/h1-8,11H,9-10,12-13H2. The second-order valence-electron chi connectivity index (χ2n) is 6.24. The van der Waals surface area contributed by atoms with Gasteiger partial charge in [-0.3, -0.25) is 9.59 Å². The number of carbonyl (C=O) groups is 2. The molecule has 1 saturated heterocycles. The molecule has 4 rings (SSSR count). The number of nitrogens with zero attached hydrogens (tertiary/aromatic N) is 1. The second-order valence-corrected chi connectivity index (χ2v) is 6.24. The van der Waals surface area contributed by atoms with Gasteiger partial charge in [-0.15, -0.1) is 0 Å². The number of Topliss-reactive ketones (excluding diaryl/α,β-unsaturated/α-hetero) is 1. The number of para-hydroxylation sites is 1. The number of hydrogen-bond acceptors (Lipinski definition) is 4. The fourth-order valence-corrected chi connectivity index (χ4v) is 3.35. The maximum absolute atomic E-state index is 12.4. The van der Waals surface area contributed by atoms with Gasteiger partial charge in [0, 0.05) is 19.0 Å². The third-order valence-corrected chi connectivity index (χ3v) is 4.56. The topological polar surface area (TPSA) is 59.8 Å². The van der Waals surface area contributed by atoms with Crippen molar-refractivity contribution in [2.75, 3.05) is 13.1 Å². The van der Waals surface area contributed by atoms with Gasteiger partial charge >= 0.3 is 0 Å². The first-order chi connectivity index (χ1) is 11.7. The summed E-state index contributed by atoms with van der Waals surface area (Å²) in [4.78, 5) is 26.5. The van der Waals surface area contributed by atoms with E-state index >= 15 is 0 Å². The van der Waals surface area contributed by atoms with Crippen LogP contribution in [0.1, 0.15) is 29.0 Å². The summed E-state index contributed by atoms with van der Waals surface area (Å²) >= 11 is 0. The molecule has 1 spiro atoms. The highest BCUT2D eigenvalue weighted by Gasteiger charge is 2.46. The molecule has 1 unspecified atom stereocenters. The summed E-state index contributed by atoms with van der Waals surface area (Å²) in [7, 11) is 0. The van der Waals surface area contributed by atoms with Gasteiger partial charge in [0.05, 0.1) is 24.8 Å². The first kappa shape index (κ1) is 14.8. The van der Waals surface area contributed by atoms with E-state index < -0.39 is 5.60 Å². The number of hydrogen-bond donors (Lipinski definition) is 0. The highest BCUT2D eigenvalue weighted by atomic mass is 16.5. The summed E-state index contributed by atoms with van der Waals surface area (Å²) in [5.41, 5.74) is 0.0326. The molecular weight excluding hydrogens is 306 g/mol. The molecule has 3 heterocycles. The smallest absolute Gasteiger partial charge is 0.246 e. The molecule has 2 aliphatic heterocycles. The third-order valence-electron chi connectivity index (χ3n) is 4.56. The number of likely N-dealkylation sites (tertiary alicyclic amines) is 1. The van der Waals surface area contributed by atoms with Crippen LogP contribution in [-0.4, -0.2) is 35.3 Å². The fourth-order valence-electron chi connectivity index (χ4n) is 3.35. The number of ketones is 1. The summed E-state index contributed by atoms with van der Waals surface area (Å²) in [6, 6.07) is 10.9. The van der Waals surface area contributed by atoms with E-state index in [1.807, 2.05) is 18.2 Å². The predicted octanol–water partition coefficient (Wildman–Crippen LogP) is 2.93.